The van der Waals surface area contributed by atoms with E-state index >= 15 is 0 Å². The van der Waals surface area contributed by atoms with Crippen LogP contribution in [0.4, 0.5) is 13.2 Å². The first-order valence-electron chi connectivity index (χ1n) is 5.47. The third kappa shape index (κ3) is 3.74. The van der Waals surface area contributed by atoms with E-state index < -0.39 is 6.36 Å². The molecule has 1 heterocycles. The lowest BCUT2D eigenvalue weighted by Gasteiger charge is -2.08. The number of nitrogens with zero attached hydrogens (tertiary/aromatic N) is 1. The van der Waals surface area contributed by atoms with E-state index in [-0.39, 0.29) is 18.1 Å². The van der Waals surface area contributed by atoms with Gasteiger partial charge in [0.15, 0.2) is 5.76 Å². The molecule has 0 atom stereocenters. The van der Waals surface area contributed by atoms with E-state index in [1.807, 2.05) is 0 Å². The Bertz CT molecular complexity index is 596. The van der Waals surface area contributed by atoms with Gasteiger partial charge in [0.25, 0.3) is 0 Å². The molecule has 0 aliphatic carbocycles. The normalized spacial score (nSPS) is 11.2. The van der Waals surface area contributed by atoms with Crippen molar-refractivity contribution in [1.82, 2.24) is 10.5 Å². The Hall–Kier alpha value is -2.51. The topological polar surface area (TPSA) is 64.4 Å². The summed E-state index contributed by atoms with van der Waals surface area (Å²) in [6.45, 7) is 0.172. The zero-order valence-electron chi connectivity index (χ0n) is 9.98. The molecule has 8 heteroatoms. The summed E-state index contributed by atoms with van der Waals surface area (Å²) in [7, 11) is 0. The molecular formula is C12H9F3N2O3. The number of nitrogens with one attached hydrogen (secondary N) is 1. The average Bonchev–Trinajstić information content (AvgIpc) is 2.83. The van der Waals surface area contributed by atoms with Crippen LogP contribution < -0.4 is 10.1 Å². The third-order valence-electron chi connectivity index (χ3n) is 2.28. The van der Waals surface area contributed by atoms with Crippen molar-refractivity contribution in [2.24, 2.45) is 0 Å². The molecule has 0 aliphatic heterocycles. The van der Waals surface area contributed by atoms with Crippen molar-refractivity contribution >= 4 is 6.41 Å². The fraction of sp³-hybridized carbons (Fsp3) is 0.167. The molecule has 1 aromatic carbocycles. The average molecular weight is 286 g/mol. The number of hydrogen-bond donors (Lipinski definition) is 1. The van der Waals surface area contributed by atoms with E-state index in [1.54, 1.807) is 6.07 Å². The first-order valence-corrected chi connectivity index (χ1v) is 5.47. The van der Waals surface area contributed by atoms with Gasteiger partial charge in [-0.15, -0.1) is 13.2 Å². The Morgan fingerprint density at radius 1 is 1.35 bits per heavy atom. The zero-order valence-corrected chi connectivity index (χ0v) is 9.98. The number of benzene rings is 1. The number of halogens is 3. The summed E-state index contributed by atoms with van der Waals surface area (Å²) in [5, 5.41) is 6.07. The Morgan fingerprint density at radius 2 is 2.15 bits per heavy atom. The molecular weight excluding hydrogens is 277 g/mol. The van der Waals surface area contributed by atoms with Crippen molar-refractivity contribution in [3.8, 4) is 17.1 Å². The molecule has 5 nitrogen and oxygen atoms in total. The number of amides is 1. The second kappa shape index (κ2) is 5.64. The van der Waals surface area contributed by atoms with E-state index in [0.717, 1.165) is 0 Å². The van der Waals surface area contributed by atoms with Gasteiger partial charge in [0.1, 0.15) is 11.4 Å². The van der Waals surface area contributed by atoms with Crippen LogP contribution in [0.3, 0.4) is 0 Å². The largest absolute Gasteiger partial charge is 0.573 e. The molecule has 2 rings (SSSR count). The molecule has 1 amide bonds. The van der Waals surface area contributed by atoms with Crippen LogP contribution in [0.2, 0.25) is 0 Å². The quantitative estimate of drug-likeness (QED) is 0.858. The summed E-state index contributed by atoms with van der Waals surface area (Å²) in [5.74, 6) is -0.0701. The van der Waals surface area contributed by atoms with Gasteiger partial charge in [-0.25, -0.2) is 0 Å². The standard InChI is InChI=1S/C12H9F3N2O3/c13-12(14,15)19-10-3-1-2-8(4-10)11-5-9(17-20-11)6-16-7-18/h1-5,7H,6H2,(H,16,18). The smallest absolute Gasteiger partial charge is 0.406 e. The first-order chi connectivity index (χ1) is 9.48. The Labute approximate surface area is 111 Å². The van der Waals surface area contributed by atoms with E-state index in [0.29, 0.717) is 17.7 Å². The highest BCUT2D eigenvalue weighted by molar-refractivity contribution is 5.59. The van der Waals surface area contributed by atoms with Gasteiger partial charge in [-0.3, -0.25) is 4.79 Å². The number of rotatable bonds is 5. The minimum Gasteiger partial charge on any atom is -0.406 e. The molecule has 0 unspecified atom stereocenters. The maximum absolute atomic E-state index is 12.1. The fourth-order valence-electron chi connectivity index (χ4n) is 1.52. The molecule has 1 N–H and O–H groups in total. The van der Waals surface area contributed by atoms with E-state index in [1.165, 1.54) is 24.3 Å². The van der Waals surface area contributed by atoms with Gasteiger partial charge in [-0.05, 0) is 12.1 Å². The van der Waals surface area contributed by atoms with Crippen molar-refractivity contribution in [3.63, 3.8) is 0 Å². The van der Waals surface area contributed by atoms with Gasteiger partial charge < -0.3 is 14.6 Å². The summed E-state index contributed by atoms with van der Waals surface area (Å²) in [5.41, 5.74) is 0.839. The summed E-state index contributed by atoms with van der Waals surface area (Å²) < 4.78 is 45.2. The van der Waals surface area contributed by atoms with Crippen molar-refractivity contribution < 1.29 is 27.2 Å². The third-order valence-corrected chi connectivity index (χ3v) is 2.28. The molecule has 2 aromatic rings. The summed E-state index contributed by atoms with van der Waals surface area (Å²) >= 11 is 0. The lowest BCUT2D eigenvalue weighted by molar-refractivity contribution is -0.274. The van der Waals surface area contributed by atoms with E-state index in [2.05, 4.69) is 15.2 Å². The second-order valence-electron chi connectivity index (χ2n) is 3.76. The molecule has 0 bridgehead atoms. The summed E-state index contributed by atoms with van der Waals surface area (Å²) in [6, 6.07) is 6.85. The highest BCUT2D eigenvalue weighted by Gasteiger charge is 2.31. The van der Waals surface area contributed by atoms with Gasteiger partial charge in [-0.1, -0.05) is 17.3 Å². The van der Waals surface area contributed by atoms with Crippen LogP contribution in [0, 0.1) is 0 Å². The van der Waals surface area contributed by atoms with Gasteiger partial charge in [0.05, 0.1) is 6.54 Å². The predicted molar refractivity (Wildman–Crippen MR) is 61.5 cm³/mol. The van der Waals surface area contributed by atoms with Crippen molar-refractivity contribution in [3.05, 3.63) is 36.0 Å². The maximum atomic E-state index is 12.1. The maximum Gasteiger partial charge on any atom is 0.573 e. The summed E-state index contributed by atoms with van der Waals surface area (Å²) in [4.78, 5) is 10.1. The Morgan fingerprint density at radius 3 is 2.85 bits per heavy atom. The van der Waals surface area contributed by atoms with Crippen molar-refractivity contribution in [2.45, 2.75) is 12.9 Å². The number of carbonyl (C=O) groups excluding carboxylic acids is 1. The van der Waals surface area contributed by atoms with E-state index in [9.17, 15) is 18.0 Å². The van der Waals surface area contributed by atoms with Gasteiger partial charge in [0, 0.05) is 11.6 Å². The van der Waals surface area contributed by atoms with Crippen LogP contribution in [0.15, 0.2) is 34.9 Å². The summed E-state index contributed by atoms with van der Waals surface area (Å²) in [6.07, 6.45) is -4.24. The molecule has 106 valence electrons. The second-order valence-corrected chi connectivity index (χ2v) is 3.76. The Balaban J connectivity index is 2.18. The molecule has 20 heavy (non-hydrogen) atoms. The molecule has 0 radical (unpaired) electrons. The van der Waals surface area contributed by atoms with Crippen LogP contribution in [0.25, 0.3) is 11.3 Å². The molecule has 0 fully saturated rings. The zero-order chi connectivity index (χ0) is 14.6. The highest BCUT2D eigenvalue weighted by Crippen LogP contribution is 2.28. The Kier molecular flexibility index (Phi) is 3.92. The van der Waals surface area contributed by atoms with Crippen LogP contribution in [-0.4, -0.2) is 17.9 Å². The lowest BCUT2D eigenvalue weighted by atomic mass is 10.1. The van der Waals surface area contributed by atoms with Crippen LogP contribution in [0.1, 0.15) is 5.69 Å². The number of hydrogen-bond acceptors (Lipinski definition) is 4. The lowest BCUT2D eigenvalue weighted by Crippen LogP contribution is -2.17. The van der Waals surface area contributed by atoms with Crippen LogP contribution in [0.5, 0.6) is 5.75 Å². The monoisotopic (exact) mass is 286 g/mol. The first kappa shape index (κ1) is 13.9. The SMILES string of the molecule is O=CNCc1cc(-c2cccc(OC(F)(F)F)c2)on1. The number of carbonyl (C=O) groups is 1. The molecule has 0 aliphatic rings. The number of alkyl halides is 3. The van der Waals surface area contributed by atoms with Crippen molar-refractivity contribution in [2.75, 3.05) is 0 Å². The minimum absolute atomic E-state index is 0.172. The molecule has 0 saturated carbocycles. The van der Waals surface area contributed by atoms with Gasteiger partial charge in [-0.2, -0.15) is 0 Å². The molecule has 1 aromatic heterocycles. The van der Waals surface area contributed by atoms with Crippen LogP contribution in [-0.2, 0) is 11.3 Å². The van der Waals surface area contributed by atoms with E-state index in [4.69, 9.17) is 4.52 Å². The fourth-order valence-corrected chi connectivity index (χ4v) is 1.52. The molecule has 0 spiro atoms. The number of aromatic nitrogens is 1. The number of ether oxygens (including phenoxy) is 1. The van der Waals surface area contributed by atoms with Gasteiger partial charge >= 0.3 is 6.36 Å². The molecule has 0 saturated heterocycles. The van der Waals surface area contributed by atoms with Crippen LogP contribution >= 0.6 is 0 Å². The van der Waals surface area contributed by atoms with Gasteiger partial charge in [0.2, 0.25) is 6.41 Å². The predicted octanol–water partition coefficient (Wildman–Crippen LogP) is 2.49. The highest BCUT2D eigenvalue weighted by atomic mass is 19.4. The minimum atomic E-state index is -4.75. The van der Waals surface area contributed by atoms with Crippen molar-refractivity contribution in [1.29, 1.82) is 0 Å².